The topological polar surface area (TPSA) is 113 Å². The van der Waals surface area contributed by atoms with Crippen molar-refractivity contribution < 1.29 is 34.4 Å². The van der Waals surface area contributed by atoms with Crippen LogP contribution in [0.1, 0.15) is 168 Å². The summed E-state index contributed by atoms with van der Waals surface area (Å²) in [5.74, 6) is -0.830. The van der Waals surface area contributed by atoms with Crippen molar-refractivity contribution in [1.82, 2.24) is 0 Å². The Hall–Kier alpha value is -2.22. The summed E-state index contributed by atoms with van der Waals surface area (Å²) in [4.78, 5) is 24.2. The molecule has 0 aromatic heterocycles. The van der Waals surface area contributed by atoms with Gasteiger partial charge in [-0.25, -0.2) is 0 Å². The molecule has 0 fully saturated rings. The lowest BCUT2D eigenvalue weighted by Crippen LogP contribution is -2.28. The van der Waals surface area contributed by atoms with E-state index in [0.717, 1.165) is 25.7 Å². The van der Waals surface area contributed by atoms with Crippen molar-refractivity contribution in [3.8, 4) is 0 Å². The van der Waals surface area contributed by atoms with E-state index in [4.69, 9.17) is 9.47 Å². The third-order valence-corrected chi connectivity index (χ3v) is 8.32. The molecular weight excluding hydrogens is 604 g/mol. The maximum atomic E-state index is 12.2. The minimum atomic E-state index is -0.883. The second kappa shape index (κ2) is 36.1. The van der Waals surface area contributed by atoms with Crippen molar-refractivity contribution >= 4 is 11.9 Å². The Morgan fingerprint density at radius 3 is 1.65 bits per heavy atom. The average Bonchev–Trinajstić information content (AvgIpc) is 3.07. The second-order valence-electron chi connectivity index (χ2n) is 13.1. The number of aliphatic hydroxyl groups excluding tert-OH is 3. The van der Waals surface area contributed by atoms with Gasteiger partial charge >= 0.3 is 11.9 Å². The van der Waals surface area contributed by atoms with Gasteiger partial charge in [0.25, 0.3) is 0 Å². The molecule has 0 aliphatic rings. The minimum absolute atomic E-state index is 0.0952. The Morgan fingerprint density at radius 1 is 0.583 bits per heavy atom. The molecular formula is C41H72O7. The number of aliphatic hydroxyl groups is 3. The van der Waals surface area contributed by atoms with E-state index in [-0.39, 0.29) is 19.0 Å². The van der Waals surface area contributed by atoms with Crippen LogP contribution < -0.4 is 0 Å². The molecule has 0 saturated carbocycles. The van der Waals surface area contributed by atoms with Crippen molar-refractivity contribution in [3.63, 3.8) is 0 Å². The number of carbonyl (C=O) groups is 2. The summed E-state index contributed by atoms with van der Waals surface area (Å²) in [5, 5.41) is 29.6. The van der Waals surface area contributed by atoms with E-state index in [9.17, 15) is 24.9 Å². The van der Waals surface area contributed by atoms with Gasteiger partial charge in [0.2, 0.25) is 0 Å². The van der Waals surface area contributed by atoms with Crippen LogP contribution in [0.2, 0.25) is 0 Å². The Bertz CT molecular complexity index is 848. The summed E-state index contributed by atoms with van der Waals surface area (Å²) in [6, 6.07) is 0. The molecule has 0 unspecified atom stereocenters. The molecule has 7 heteroatoms. The van der Waals surface area contributed by atoms with Crippen molar-refractivity contribution in [2.75, 3.05) is 13.2 Å². The van der Waals surface area contributed by atoms with Gasteiger partial charge < -0.3 is 24.8 Å². The molecule has 3 N–H and O–H groups in total. The average molecular weight is 677 g/mol. The molecule has 0 radical (unpaired) electrons. The monoisotopic (exact) mass is 677 g/mol. The highest BCUT2D eigenvalue weighted by atomic mass is 16.6. The molecule has 48 heavy (non-hydrogen) atoms. The number of rotatable bonds is 34. The van der Waals surface area contributed by atoms with Crippen molar-refractivity contribution in [1.29, 1.82) is 0 Å². The third kappa shape index (κ3) is 33.7. The zero-order valence-electron chi connectivity index (χ0n) is 30.7. The lowest BCUT2D eigenvalue weighted by molar-refractivity contribution is -0.161. The fraction of sp³-hybridized carbons (Fsp3) is 0.756. The Morgan fingerprint density at radius 2 is 1.08 bits per heavy atom. The van der Waals surface area contributed by atoms with Gasteiger partial charge in [-0.2, -0.15) is 0 Å². The maximum Gasteiger partial charge on any atom is 0.306 e. The summed E-state index contributed by atoms with van der Waals surface area (Å²) in [7, 11) is 0. The van der Waals surface area contributed by atoms with Gasteiger partial charge in [0.05, 0.1) is 18.8 Å². The quantitative estimate of drug-likeness (QED) is 0.0269. The highest BCUT2D eigenvalue weighted by molar-refractivity contribution is 5.70. The fourth-order valence-electron chi connectivity index (χ4n) is 5.28. The number of esters is 2. The molecule has 0 aliphatic heterocycles. The standard InChI is InChI=1S/C41H72O7/c1-3-5-7-9-11-12-13-14-15-16-17-18-19-21-27-33-40(45)47-36-39(35-42)48-41(46)34-28-32-38(44)31-26-23-22-25-30-37(43)29-24-20-10-8-6-4-2/h20,22-26,30-31,37-39,42-44H,3-19,21,27-29,32-36H2,1-2H3/b23-22+,24-20-,30-25+,31-26-/t37-,38-,39-/m0/s1. The summed E-state index contributed by atoms with van der Waals surface area (Å²) in [6.07, 6.45) is 38.0. The van der Waals surface area contributed by atoms with Crippen LogP contribution in [0.3, 0.4) is 0 Å². The van der Waals surface area contributed by atoms with E-state index < -0.39 is 30.9 Å². The highest BCUT2D eigenvalue weighted by Crippen LogP contribution is 2.14. The van der Waals surface area contributed by atoms with E-state index in [1.807, 2.05) is 6.08 Å². The number of carbonyl (C=O) groups excluding carboxylic acids is 2. The molecule has 0 spiro atoms. The normalized spacial score (nSPS) is 14.0. The minimum Gasteiger partial charge on any atom is -0.462 e. The van der Waals surface area contributed by atoms with E-state index in [0.29, 0.717) is 25.7 Å². The molecule has 7 nitrogen and oxygen atoms in total. The van der Waals surface area contributed by atoms with Crippen molar-refractivity contribution in [2.45, 2.75) is 186 Å². The Kier molecular flexibility index (Phi) is 34.4. The maximum absolute atomic E-state index is 12.2. The summed E-state index contributed by atoms with van der Waals surface area (Å²) < 4.78 is 10.5. The number of hydrogen-bond donors (Lipinski definition) is 3. The van der Waals surface area contributed by atoms with Gasteiger partial charge in [0.1, 0.15) is 6.61 Å². The van der Waals surface area contributed by atoms with Crippen LogP contribution in [0, 0.1) is 0 Å². The number of allylic oxidation sites excluding steroid dienone is 5. The Balaban J connectivity index is 3.84. The molecule has 278 valence electrons. The predicted molar refractivity (Wildman–Crippen MR) is 199 cm³/mol. The van der Waals surface area contributed by atoms with Crippen LogP contribution in [-0.2, 0) is 19.1 Å². The third-order valence-electron chi connectivity index (χ3n) is 8.32. The van der Waals surface area contributed by atoms with Gasteiger partial charge in [-0.3, -0.25) is 9.59 Å². The molecule has 0 aromatic rings. The molecule has 0 amide bonds. The van der Waals surface area contributed by atoms with Crippen LogP contribution in [-0.4, -0.2) is 58.8 Å². The fourth-order valence-corrected chi connectivity index (χ4v) is 5.28. The second-order valence-corrected chi connectivity index (χ2v) is 13.1. The zero-order valence-corrected chi connectivity index (χ0v) is 30.7. The van der Waals surface area contributed by atoms with E-state index in [1.165, 1.54) is 96.3 Å². The first kappa shape index (κ1) is 45.8. The van der Waals surface area contributed by atoms with E-state index in [1.54, 1.807) is 36.5 Å². The highest BCUT2D eigenvalue weighted by Gasteiger charge is 2.16. The van der Waals surface area contributed by atoms with Gasteiger partial charge in [-0.15, -0.1) is 0 Å². The molecule has 0 bridgehead atoms. The zero-order chi connectivity index (χ0) is 35.3. The summed E-state index contributed by atoms with van der Waals surface area (Å²) in [6.45, 7) is 3.87. The Labute approximate surface area is 294 Å². The van der Waals surface area contributed by atoms with Crippen molar-refractivity contribution in [2.24, 2.45) is 0 Å². The van der Waals surface area contributed by atoms with Crippen LogP contribution in [0.15, 0.2) is 48.6 Å². The number of unbranched alkanes of at least 4 members (excludes halogenated alkanes) is 17. The van der Waals surface area contributed by atoms with Crippen LogP contribution in [0.25, 0.3) is 0 Å². The molecule has 0 heterocycles. The van der Waals surface area contributed by atoms with E-state index in [2.05, 4.69) is 19.9 Å². The van der Waals surface area contributed by atoms with Crippen LogP contribution >= 0.6 is 0 Å². The number of ether oxygens (including phenoxy) is 2. The van der Waals surface area contributed by atoms with Gasteiger partial charge in [-0.1, -0.05) is 165 Å². The van der Waals surface area contributed by atoms with Gasteiger partial charge in [-0.05, 0) is 38.5 Å². The van der Waals surface area contributed by atoms with Crippen LogP contribution in [0.5, 0.6) is 0 Å². The molecule has 0 aliphatic carbocycles. The smallest absolute Gasteiger partial charge is 0.306 e. The largest absolute Gasteiger partial charge is 0.462 e. The van der Waals surface area contributed by atoms with Gasteiger partial charge in [0, 0.05) is 12.8 Å². The summed E-state index contributed by atoms with van der Waals surface area (Å²) in [5.41, 5.74) is 0. The lowest BCUT2D eigenvalue weighted by Gasteiger charge is -2.16. The van der Waals surface area contributed by atoms with Crippen LogP contribution in [0.4, 0.5) is 0 Å². The predicted octanol–water partition coefficient (Wildman–Crippen LogP) is 9.78. The first-order valence-electron chi connectivity index (χ1n) is 19.4. The molecule has 0 rings (SSSR count). The first-order chi connectivity index (χ1) is 23.4. The molecule has 0 aromatic carbocycles. The first-order valence-corrected chi connectivity index (χ1v) is 19.4. The SMILES string of the molecule is CCCCC/C=C\C[C@H](O)/C=C/C=C/C=C\[C@H](O)CCCC(=O)O[C@@H](CO)COC(=O)CCCCCCCCCCCCCCCCC. The molecule has 3 atom stereocenters. The van der Waals surface area contributed by atoms with E-state index >= 15 is 0 Å². The van der Waals surface area contributed by atoms with Gasteiger partial charge in [0.15, 0.2) is 6.10 Å². The summed E-state index contributed by atoms with van der Waals surface area (Å²) >= 11 is 0. The number of hydrogen-bond acceptors (Lipinski definition) is 7. The molecule has 0 saturated heterocycles. The lowest BCUT2D eigenvalue weighted by atomic mass is 10.0. The van der Waals surface area contributed by atoms with Crippen molar-refractivity contribution in [3.05, 3.63) is 48.6 Å².